The number of aliphatic hydroxyl groups excluding tert-OH is 1. The van der Waals surface area contributed by atoms with Gasteiger partial charge in [-0.05, 0) is 12.1 Å². The molecule has 170 valence electrons. The average Bonchev–Trinajstić information content (AvgIpc) is 3.31. The first kappa shape index (κ1) is 22.3. The second kappa shape index (κ2) is 8.54. The van der Waals surface area contributed by atoms with E-state index < -0.39 is 29.2 Å². The monoisotopic (exact) mass is 465 g/mol. The molecular weight excluding hydrogens is 444 g/mol. The Hall–Kier alpha value is -2.93. The number of aryl methyl sites for hydroxylation is 1. The number of aromatic nitrogens is 3. The first-order valence-electron chi connectivity index (χ1n) is 9.60. The highest BCUT2D eigenvalue weighted by Gasteiger charge is 2.35. The molecule has 1 amide bonds. The number of nitrogens with one attached hydrogen (secondary N) is 1. The van der Waals surface area contributed by atoms with Crippen LogP contribution in [0.3, 0.4) is 0 Å². The minimum Gasteiger partial charge on any atom is -0.396 e. The topological polar surface area (TPSA) is 125 Å². The third-order valence-corrected chi connectivity index (χ3v) is 5.95. The van der Waals surface area contributed by atoms with Crippen molar-refractivity contribution in [1.82, 2.24) is 14.8 Å². The fourth-order valence-electron chi connectivity index (χ4n) is 3.20. The maximum Gasteiger partial charge on any atom is 0.277 e. The van der Waals surface area contributed by atoms with Crippen LogP contribution in [0.4, 0.5) is 19.5 Å². The summed E-state index contributed by atoms with van der Waals surface area (Å²) in [6.07, 6.45) is 0.605. The molecule has 3 aromatic rings. The minimum absolute atomic E-state index is 0.00877. The van der Waals surface area contributed by atoms with Crippen LogP contribution in [-0.4, -0.2) is 45.6 Å². The predicted octanol–water partition coefficient (Wildman–Crippen LogP) is 2.70. The van der Waals surface area contributed by atoms with Crippen LogP contribution in [0.15, 0.2) is 24.4 Å². The third-order valence-electron chi connectivity index (χ3n) is 5.05. The van der Waals surface area contributed by atoms with Crippen LogP contribution in [0.25, 0.3) is 10.6 Å². The molecule has 1 aliphatic heterocycles. The Labute approximate surface area is 185 Å². The Bertz CT molecular complexity index is 1140. The second-order valence-corrected chi connectivity index (χ2v) is 8.80. The SMILES string of the molecule is Cn1ncc(NC(=O)c2nc(-c3c(F)cccc3F)sc2N)c1[C@H]1OC[C@@](C)(CO)CO1. The zero-order chi connectivity index (χ0) is 23.0. The van der Waals surface area contributed by atoms with Crippen LogP contribution in [-0.2, 0) is 16.5 Å². The van der Waals surface area contributed by atoms with Crippen molar-refractivity contribution in [2.75, 3.05) is 30.9 Å². The fraction of sp³-hybridized carbons (Fsp3) is 0.350. The quantitative estimate of drug-likeness (QED) is 0.529. The number of amides is 1. The number of rotatable bonds is 5. The van der Waals surface area contributed by atoms with Gasteiger partial charge in [0.05, 0.1) is 37.3 Å². The second-order valence-electron chi connectivity index (χ2n) is 7.77. The Kier molecular flexibility index (Phi) is 5.95. The van der Waals surface area contributed by atoms with E-state index in [0.717, 1.165) is 23.5 Å². The summed E-state index contributed by atoms with van der Waals surface area (Å²) in [4.78, 5) is 16.9. The van der Waals surface area contributed by atoms with Gasteiger partial charge in [0.15, 0.2) is 5.69 Å². The van der Waals surface area contributed by atoms with Gasteiger partial charge in [-0.2, -0.15) is 5.10 Å². The summed E-state index contributed by atoms with van der Waals surface area (Å²) >= 11 is 0.806. The molecule has 0 spiro atoms. The van der Waals surface area contributed by atoms with Crippen molar-refractivity contribution in [3.05, 3.63) is 47.4 Å². The molecule has 1 aromatic carbocycles. The van der Waals surface area contributed by atoms with E-state index in [1.807, 2.05) is 6.92 Å². The number of nitrogens with zero attached hydrogens (tertiary/aromatic N) is 3. The van der Waals surface area contributed by atoms with Gasteiger partial charge in [-0.3, -0.25) is 9.48 Å². The number of carbonyl (C=O) groups is 1. The smallest absolute Gasteiger partial charge is 0.277 e. The van der Waals surface area contributed by atoms with E-state index in [4.69, 9.17) is 15.2 Å². The van der Waals surface area contributed by atoms with E-state index in [1.165, 1.54) is 16.9 Å². The Balaban J connectivity index is 1.57. The molecule has 4 rings (SSSR count). The third kappa shape index (κ3) is 4.09. The van der Waals surface area contributed by atoms with Crippen molar-refractivity contribution >= 4 is 27.9 Å². The zero-order valence-electron chi connectivity index (χ0n) is 17.3. The molecule has 0 unspecified atom stereocenters. The van der Waals surface area contributed by atoms with Gasteiger partial charge in [-0.25, -0.2) is 13.8 Å². The van der Waals surface area contributed by atoms with Crippen molar-refractivity contribution in [2.24, 2.45) is 12.5 Å². The van der Waals surface area contributed by atoms with Gasteiger partial charge >= 0.3 is 0 Å². The van der Waals surface area contributed by atoms with E-state index in [0.29, 0.717) is 11.4 Å². The number of carbonyl (C=O) groups excluding carboxylic acids is 1. The lowest BCUT2D eigenvalue weighted by Gasteiger charge is -2.36. The first-order valence-corrected chi connectivity index (χ1v) is 10.4. The van der Waals surface area contributed by atoms with Crippen molar-refractivity contribution in [1.29, 1.82) is 0 Å². The van der Waals surface area contributed by atoms with Gasteiger partial charge in [-0.15, -0.1) is 0 Å². The van der Waals surface area contributed by atoms with Crippen LogP contribution in [0.1, 0.15) is 29.4 Å². The molecule has 0 bridgehead atoms. The fourth-order valence-corrected chi connectivity index (χ4v) is 4.08. The summed E-state index contributed by atoms with van der Waals surface area (Å²) in [6.45, 7) is 2.24. The standard InChI is InChI=1S/C20H21F2N5O4S/c1-20(7-28)8-30-19(31-9-20)15-12(6-24-27(15)2)25-17(29)14-16(23)32-18(26-14)13-10(21)4-3-5-11(13)22/h3-6,19,28H,7-9,23H2,1-2H3,(H,25,29)/t19-,20+. The molecule has 0 saturated carbocycles. The number of nitrogens with two attached hydrogens (primary N) is 1. The van der Waals surface area contributed by atoms with Crippen molar-refractivity contribution in [3.63, 3.8) is 0 Å². The van der Waals surface area contributed by atoms with E-state index >= 15 is 0 Å². The first-order chi connectivity index (χ1) is 15.2. The molecule has 1 saturated heterocycles. The van der Waals surface area contributed by atoms with Gasteiger partial charge in [0.1, 0.15) is 27.3 Å². The summed E-state index contributed by atoms with van der Waals surface area (Å²) in [6, 6.07) is 3.44. The lowest BCUT2D eigenvalue weighted by molar-refractivity contribution is -0.239. The van der Waals surface area contributed by atoms with Gasteiger partial charge in [0.25, 0.3) is 5.91 Å². The predicted molar refractivity (Wildman–Crippen MR) is 113 cm³/mol. The minimum atomic E-state index is -0.812. The maximum absolute atomic E-state index is 14.1. The average molecular weight is 465 g/mol. The maximum atomic E-state index is 14.1. The molecule has 1 fully saturated rings. The van der Waals surface area contributed by atoms with Gasteiger partial charge in [0, 0.05) is 12.5 Å². The van der Waals surface area contributed by atoms with Crippen molar-refractivity contribution < 1.29 is 28.2 Å². The number of thiazole rings is 1. The molecule has 0 radical (unpaired) electrons. The van der Waals surface area contributed by atoms with Crippen molar-refractivity contribution in [2.45, 2.75) is 13.2 Å². The highest BCUT2D eigenvalue weighted by molar-refractivity contribution is 7.19. The summed E-state index contributed by atoms with van der Waals surface area (Å²) in [5.74, 6) is -2.28. The number of aliphatic hydroxyl groups is 1. The molecule has 3 heterocycles. The molecule has 32 heavy (non-hydrogen) atoms. The number of hydrogen-bond acceptors (Lipinski definition) is 8. The summed E-state index contributed by atoms with van der Waals surface area (Å²) in [5.41, 5.74) is 5.65. The summed E-state index contributed by atoms with van der Waals surface area (Å²) in [7, 11) is 1.66. The molecule has 2 aromatic heterocycles. The zero-order valence-corrected chi connectivity index (χ0v) is 18.1. The normalized spacial score (nSPS) is 21.0. The van der Waals surface area contributed by atoms with Crippen molar-refractivity contribution in [3.8, 4) is 10.6 Å². The van der Waals surface area contributed by atoms with E-state index in [-0.39, 0.29) is 41.1 Å². The molecule has 0 aliphatic carbocycles. The number of benzene rings is 1. The molecular formula is C20H21F2N5O4S. The molecule has 12 heteroatoms. The van der Waals surface area contributed by atoms with Crippen LogP contribution in [0, 0.1) is 17.0 Å². The van der Waals surface area contributed by atoms with Gasteiger partial charge < -0.3 is 25.6 Å². The molecule has 1 aliphatic rings. The summed E-state index contributed by atoms with van der Waals surface area (Å²) in [5, 5.41) is 16.2. The number of ether oxygens (including phenoxy) is 2. The Morgan fingerprint density at radius 2 is 2.03 bits per heavy atom. The number of nitrogen functional groups attached to an aromatic ring is 1. The van der Waals surface area contributed by atoms with E-state index in [2.05, 4.69) is 15.4 Å². The highest BCUT2D eigenvalue weighted by atomic mass is 32.1. The lowest BCUT2D eigenvalue weighted by Crippen LogP contribution is -2.39. The number of halogens is 2. The largest absolute Gasteiger partial charge is 0.396 e. The van der Waals surface area contributed by atoms with E-state index in [9.17, 15) is 18.7 Å². The van der Waals surface area contributed by atoms with Crippen LogP contribution < -0.4 is 11.1 Å². The molecule has 9 nitrogen and oxygen atoms in total. The molecule has 0 atom stereocenters. The van der Waals surface area contributed by atoms with Crippen LogP contribution in [0.2, 0.25) is 0 Å². The molecule has 4 N–H and O–H groups in total. The van der Waals surface area contributed by atoms with Gasteiger partial charge in [-0.1, -0.05) is 24.3 Å². The summed E-state index contributed by atoms with van der Waals surface area (Å²) < 4.78 is 41.2. The van der Waals surface area contributed by atoms with Gasteiger partial charge in [0.2, 0.25) is 6.29 Å². The lowest BCUT2D eigenvalue weighted by atomic mass is 9.93. The Morgan fingerprint density at radius 1 is 1.38 bits per heavy atom. The van der Waals surface area contributed by atoms with Crippen LogP contribution in [0.5, 0.6) is 0 Å². The number of hydrogen-bond donors (Lipinski definition) is 3. The highest BCUT2D eigenvalue weighted by Crippen LogP contribution is 2.36. The number of anilines is 2. The van der Waals surface area contributed by atoms with E-state index in [1.54, 1.807) is 7.05 Å². The van der Waals surface area contributed by atoms with Crippen LogP contribution >= 0.6 is 11.3 Å². The Morgan fingerprint density at radius 3 is 2.66 bits per heavy atom.